The standard InChI is InChI=1S/C24H21FN4O2S2/c25-17-8-9-21-18(13-17)19(10-12-32-21)26-22(30)15-33-24-28-27-23(20-7-4-11-31-20)29(24)14-16-5-2-1-3-6-16/h1-9,11,13,19H,10,12,14-15H2,(H,26,30)/t19-/m1/s1. The number of hydrogen-bond donors (Lipinski definition) is 1. The Balaban J connectivity index is 1.31. The first-order valence-electron chi connectivity index (χ1n) is 10.5. The molecule has 6 nitrogen and oxygen atoms in total. The van der Waals surface area contributed by atoms with E-state index in [1.165, 1.54) is 23.9 Å². The van der Waals surface area contributed by atoms with Gasteiger partial charge in [0.1, 0.15) is 5.82 Å². The fourth-order valence-corrected chi connectivity index (χ4v) is 5.63. The Bertz CT molecular complexity index is 1240. The van der Waals surface area contributed by atoms with Gasteiger partial charge in [0.2, 0.25) is 11.7 Å². The van der Waals surface area contributed by atoms with E-state index >= 15 is 0 Å². The topological polar surface area (TPSA) is 73.0 Å². The minimum Gasteiger partial charge on any atom is -0.461 e. The molecule has 0 unspecified atom stereocenters. The molecular weight excluding hydrogens is 459 g/mol. The van der Waals surface area contributed by atoms with Gasteiger partial charge in [0.25, 0.3) is 0 Å². The lowest BCUT2D eigenvalue weighted by Gasteiger charge is -2.26. The Labute approximate surface area is 199 Å². The van der Waals surface area contributed by atoms with E-state index in [1.54, 1.807) is 30.2 Å². The Morgan fingerprint density at radius 2 is 2.06 bits per heavy atom. The number of halogens is 1. The number of benzene rings is 2. The van der Waals surface area contributed by atoms with Crippen molar-refractivity contribution in [2.24, 2.45) is 0 Å². The van der Waals surface area contributed by atoms with Crippen molar-refractivity contribution in [3.8, 4) is 11.6 Å². The van der Waals surface area contributed by atoms with E-state index in [9.17, 15) is 9.18 Å². The summed E-state index contributed by atoms with van der Waals surface area (Å²) in [5, 5.41) is 12.3. The molecule has 4 aromatic rings. The van der Waals surface area contributed by atoms with Gasteiger partial charge in [-0.1, -0.05) is 42.1 Å². The molecule has 1 aliphatic rings. The molecule has 0 spiro atoms. The van der Waals surface area contributed by atoms with Crippen LogP contribution in [0, 0.1) is 5.82 Å². The van der Waals surface area contributed by atoms with Gasteiger partial charge in [0.15, 0.2) is 10.9 Å². The quantitative estimate of drug-likeness (QED) is 0.368. The number of carbonyl (C=O) groups excluding carboxylic acids is 1. The molecule has 2 aromatic heterocycles. The summed E-state index contributed by atoms with van der Waals surface area (Å²) >= 11 is 3.01. The van der Waals surface area contributed by atoms with Crippen LogP contribution in [0.1, 0.15) is 23.6 Å². The van der Waals surface area contributed by atoms with Gasteiger partial charge in [0, 0.05) is 10.6 Å². The van der Waals surface area contributed by atoms with Crippen molar-refractivity contribution in [3.63, 3.8) is 0 Å². The van der Waals surface area contributed by atoms with Crippen molar-refractivity contribution >= 4 is 29.4 Å². The summed E-state index contributed by atoms with van der Waals surface area (Å²) < 4.78 is 21.3. The maximum Gasteiger partial charge on any atom is 0.230 e. The minimum atomic E-state index is -0.288. The number of amides is 1. The Hall–Kier alpha value is -3.04. The smallest absolute Gasteiger partial charge is 0.230 e. The summed E-state index contributed by atoms with van der Waals surface area (Å²) in [5.41, 5.74) is 1.94. The monoisotopic (exact) mass is 480 g/mol. The summed E-state index contributed by atoms with van der Waals surface area (Å²) in [6, 6.07) is 18.2. The third kappa shape index (κ3) is 4.99. The molecule has 33 heavy (non-hydrogen) atoms. The number of aromatic nitrogens is 3. The first-order chi connectivity index (χ1) is 16.2. The van der Waals surface area contributed by atoms with Crippen LogP contribution in [-0.4, -0.2) is 32.2 Å². The van der Waals surface area contributed by atoms with Crippen LogP contribution in [0.5, 0.6) is 0 Å². The van der Waals surface area contributed by atoms with Crippen LogP contribution in [0.15, 0.2) is 81.4 Å². The van der Waals surface area contributed by atoms with Crippen LogP contribution >= 0.6 is 23.5 Å². The molecule has 0 saturated heterocycles. The molecule has 3 heterocycles. The SMILES string of the molecule is O=C(CSc1nnc(-c2ccco2)n1Cc1ccccc1)N[C@@H]1CCSc2ccc(F)cc21. The zero-order chi connectivity index (χ0) is 22.6. The van der Waals surface area contributed by atoms with Gasteiger partial charge in [-0.05, 0) is 47.9 Å². The summed E-state index contributed by atoms with van der Waals surface area (Å²) in [4.78, 5) is 13.8. The van der Waals surface area contributed by atoms with Crippen molar-refractivity contribution in [1.82, 2.24) is 20.1 Å². The van der Waals surface area contributed by atoms with Gasteiger partial charge in [-0.25, -0.2) is 4.39 Å². The number of rotatable bonds is 7. The van der Waals surface area contributed by atoms with Gasteiger partial charge in [-0.2, -0.15) is 0 Å². The first kappa shape index (κ1) is 21.8. The second-order valence-corrected chi connectivity index (χ2v) is 9.66. The number of nitrogens with zero attached hydrogens (tertiary/aromatic N) is 3. The van der Waals surface area contributed by atoms with E-state index in [0.29, 0.717) is 23.3 Å². The number of nitrogens with one attached hydrogen (secondary N) is 1. The molecule has 1 atom stereocenters. The molecule has 0 aliphatic carbocycles. The van der Waals surface area contributed by atoms with Crippen molar-refractivity contribution in [3.05, 3.63) is 83.9 Å². The molecule has 168 valence electrons. The molecule has 1 N–H and O–H groups in total. The van der Waals surface area contributed by atoms with Gasteiger partial charge in [-0.15, -0.1) is 22.0 Å². The second kappa shape index (κ2) is 9.84. The average Bonchev–Trinajstić information content (AvgIpc) is 3.49. The highest BCUT2D eigenvalue weighted by Crippen LogP contribution is 2.36. The van der Waals surface area contributed by atoms with E-state index < -0.39 is 0 Å². The number of furan rings is 1. The highest BCUT2D eigenvalue weighted by atomic mass is 32.2. The van der Waals surface area contributed by atoms with Crippen LogP contribution in [0.25, 0.3) is 11.6 Å². The highest BCUT2D eigenvalue weighted by molar-refractivity contribution is 7.99. The number of hydrogen-bond acceptors (Lipinski definition) is 6. The van der Waals surface area contributed by atoms with Gasteiger partial charge in [-0.3, -0.25) is 9.36 Å². The Morgan fingerprint density at radius 1 is 1.18 bits per heavy atom. The second-order valence-electron chi connectivity index (χ2n) is 7.58. The Kier molecular flexibility index (Phi) is 6.50. The van der Waals surface area contributed by atoms with Crippen LogP contribution in [0.2, 0.25) is 0 Å². The van der Waals surface area contributed by atoms with Crippen LogP contribution in [-0.2, 0) is 11.3 Å². The fourth-order valence-electron chi connectivity index (χ4n) is 3.77. The maximum absolute atomic E-state index is 13.8. The van der Waals surface area contributed by atoms with Crippen LogP contribution in [0.4, 0.5) is 4.39 Å². The predicted molar refractivity (Wildman–Crippen MR) is 127 cm³/mol. The first-order valence-corrected chi connectivity index (χ1v) is 12.5. The average molecular weight is 481 g/mol. The summed E-state index contributed by atoms with van der Waals surface area (Å²) in [6.45, 7) is 0.556. The van der Waals surface area contributed by atoms with E-state index in [1.807, 2.05) is 41.0 Å². The summed E-state index contributed by atoms with van der Waals surface area (Å²) in [7, 11) is 0. The third-order valence-corrected chi connectivity index (χ3v) is 7.41. The lowest BCUT2D eigenvalue weighted by molar-refractivity contribution is -0.119. The molecule has 0 saturated carbocycles. The van der Waals surface area contributed by atoms with Crippen LogP contribution in [0.3, 0.4) is 0 Å². The van der Waals surface area contributed by atoms with Gasteiger partial charge < -0.3 is 9.73 Å². The third-order valence-electron chi connectivity index (χ3n) is 5.32. The number of carbonyl (C=O) groups is 1. The van der Waals surface area contributed by atoms with Crippen molar-refractivity contribution < 1.29 is 13.6 Å². The molecule has 0 bridgehead atoms. The van der Waals surface area contributed by atoms with Crippen molar-refractivity contribution in [2.75, 3.05) is 11.5 Å². The van der Waals surface area contributed by atoms with E-state index in [-0.39, 0.29) is 23.5 Å². The maximum atomic E-state index is 13.8. The lowest BCUT2D eigenvalue weighted by atomic mass is 10.0. The molecular formula is C24H21FN4O2S2. The fraction of sp³-hybridized carbons (Fsp3) is 0.208. The predicted octanol–water partition coefficient (Wildman–Crippen LogP) is 5.17. The molecule has 1 aliphatic heterocycles. The van der Waals surface area contributed by atoms with Gasteiger partial charge >= 0.3 is 0 Å². The van der Waals surface area contributed by atoms with Crippen LogP contribution < -0.4 is 5.32 Å². The Morgan fingerprint density at radius 3 is 2.88 bits per heavy atom. The summed E-state index contributed by atoms with van der Waals surface area (Å²) in [5.74, 6) is 1.88. The number of fused-ring (bicyclic) bond motifs is 1. The lowest BCUT2D eigenvalue weighted by Crippen LogP contribution is -2.32. The molecule has 0 radical (unpaired) electrons. The molecule has 5 rings (SSSR count). The zero-order valence-corrected chi connectivity index (χ0v) is 19.2. The zero-order valence-electron chi connectivity index (χ0n) is 17.6. The van der Waals surface area contributed by atoms with Crippen molar-refractivity contribution in [1.29, 1.82) is 0 Å². The normalized spacial score (nSPS) is 15.2. The van der Waals surface area contributed by atoms with E-state index in [0.717, 1.165) is 28.2 Å². The molecule has 9 heteroatoms. The van der Waals surface area contributed by atoms with E-state index in [4.69, 9.17) is 4.42 Å². The molecule has 1 amide bonds. The minimum absolute atomic E-state index is 0.124. The molecule has 0 fully saturated rings. The highest BCUT2D eigenvalue weighted by Gasteiger charge is 2.24. The van der Waals surface area contributed by atoms with E-state index in [2.05, 4.69) is 15.5 Å². The summed E-state index contributed by atoms with van der Waals surface area (Å²) in [6.07, 6.45) is 2.37. The molecule has 2 aromatic carbocycles. The van der Waals surface area contributed by atoms with Crippen molar-refractivity contribution in [2.45, 2.75) is 29.1 Å². The number of thioether (sulfide) groups is 2. The van der Waals surface area contributed by atoms with Gasteiger partial charge in [0.05, 0.1) is 24.6 Å². The largest absolute Gasteiger partial charge is 0.461 e.